The molecule has 5 nitrogen and oxygen atoms in total. The first-order valence-corrected chi connectivity index (χ1v) is 7.35. The van der Waals surface area contributed by atoms with Gasteiger partial charge in [0.15, 0.2) is 0 Å². The van der Waals surface area contributed by atoms with Crippen LogP contribution in [0.15, 0.2) is 34.9 Å². The van der Waals surface area contributed by atoms with Crippen LogP contribution >= 0.6 is 11.6 Å². The molecule has 0 saturated carbocycles. The van der Waals surface area contributed by atoms with Gasteiger partial charge in [-0.25, -0.2) is 9.97 Å². The van der Waals surface area contributed by atoms with Gasteiger partial charge < -0.3 is 4.42 Å². The molecule has 3 aromatic rings. The molecule has 0 aliphatic heterocycles. The van der Waals surface area contributed by atoms with Gasteiger partial charge in [-0.05, 0) is 31.2 Å². The van der Waals surface area contributed by atoms with Gasteiger partial charge in [0.05, 0.1) is 11.3 Å². The number of hydrogen-bond acceptors (Lipinski definition) is 5. The molecule has 0 radical (unpaired) electrons. The molecule has 0 fully saturated rings. The number of hydrogen-bond donors (Lipinski definition) is 0. The number of benzene rings is 1. The molecule has 6 heteroatoms. The molecule has 0 atom stereocenters. The van der Waals surface area contributed by atoms with Gasteiger partial charge in [0.2, 0.25) is 5.89 Å². The Labute approximate surface area is 133 Å². The van der Waals surface area contributed by atoms with Crippen LogP contribution in [0.25, 0.3) is 22.9 Å². The molecule has 1 aromatic carbocycles. The Morgan fingerprint density at radius 3 is 2.36 bits per heavy atom. The van der Waals surface area contributed by atoms with Crippen LogP contribution in [0.5, 0.6) is 0 Å². The fraction of sp³-hybridized carbons (Fsp3) is 0.250. The van der Waals surface area contributed by atoms with Crippen LogP contribution in [0.1, 0.15) is 31.3 Å². The highest BCUT2D eigenvalue weighted by Crippen LogP contribution is 2.26. The molecule has 0 bridgehead atoms. The Morgan fingerprint density at radius 2 is 1.73 bits per heavy atom. The quantitative estimate of drug-likeness (QED) is 0.722. The highest BCUT2D eigenvalue weighted by molar-refractivity contribution is 6.30. The van der Waals surface area contributed by atoms with Crippen molar-refractivity contribution in [1.29, 1.82) is 0 Å². The molecule has 0 amide bonds. The average molecular weight is 315 g/mol. The van der Waals surface area contributed by atoms with Crippen LogP contribution in [-0.2, 0) is 0 Å². The first kappa shape index (κ1) is 14.7. The first-order valence-electron chi connectivity index (χ1n) is 6.98. The lowest BCUT2D eigenvalue weighted by molar-refractivity contribution is 0.582. The topological polar surface area (TPSA) is 64.7 Å². The monoisotopic (exact) mass is 314 g/mol. The molecular formula is C16H15ClN4O. The zero-order valence-corrected chi connectivity index (χ0v) is 13.3. The predicted octanol–water partition coefficient (Wildman–Crippen LogP) is 4.28. The molecule has 0 unspecified atom stereocenters. The molecule has 3 rings (SSSR count). The third-order valence-electron chi connectivity index (χ3n) is 3.26. The molecule has 0 saturated heterocycles. The second kappa shape index (κ2) is 5.85. The Hall–Kier alpha value is -2.27. The van der Waals surface area contributed by atoms with Crippen LogP contribution in [0, 0.1) is 6.92 Å². The van der Waals surface area contributed by atoms with E-state index < -0.39 is 0 Å². The minimum atomic E-state index is 0.278. The molecule has 0 N–H and O–H groups in total. The van der Waals surface area contributed by atoms with E-state index >= 15 is 0 Å². The van der Waals surface area contributed by atoms with E-state index in [1.165, 1.54) is 0 Å². The third kappa shape index (κ3) is 2.85. The normalized spacial score (nSPS) is 11.1. The predicted molar refractivity (Wildman–Crippen MR) is 84.6 cm³/mol. The number of rotatable bonds is 3. The third-order valence-corrected chi connectivity index (χ3v) is 3.51. The van der Waals surface area contributed by atoms with Gasteiger partial charge in [-0.2, -0.15) is 0 Å². The zero-order chi connectivity index (χ0) is 15.7. The lowest BCUT2D eigenvalue weighted by Gasteiger charge is -2.06. The summed E-state index contributed by atoms with van der Waals surface area (Å²) in [7, 11) is 0. The van der Waals surface area contributed by atoms with E-state index in [2.05, 4.69) is 34.0 Å². The first-order chi connectivity index (χ1) is 10.5. The lowest BCUT2D eigenvalue weighted by atomic mass is 10.2. The maximum atomic E-state index is 5.88. The molecule has 2 aromatic heterocycles. The molecule has 2 heterocycles. The number of nitrogens with zero attached hydrogens (tertiary/aromatic N) is 4. The van der Waals surface area contributed by atoms with E-state index in [9.17, 15) is 0 Å². The molecule has 0 aliphatic carbocycles. The van der Waals surface area contributed by atoms with Crippen molar-refractivity contribution in [2.75, 3.05) is 0 Å². The van der Waals surface area contributed by atoms with Crippen LogP contribution in [-0.4, -0.2) is 20.2 Å². The Kier molecular flexibility index (Phi) is 3.90. The van der Waals surface area contributed by atoms with Gasteiger partial charge in [-0.3, -0.25) is 0 Å². The van der Waals surface area contributed by atoms with Crippen molar-refractivity contribution in [3.63, 3.8) is 0 Å². The van der Waals surface area contributed by atoms with E-state index in [1.54, 1.807) is 18.3 Å². The van der Waals surface area contributed by atoms with Gasteiger partial charge in [-0.15, -0.1) is 10.2 Å². The number of aryl methyl sites for hydroxylation is 1. The SMILES string of the molecule is Cc1nc(C(C)C)ncc1-c1nnc(-c2ccc(Cl)cc2)o1. The van der Waals surface area contributed by atoms with E-state index in [0.29, 0.717) is 16.8 Å². The molecule has 112 valence electrons. The summed E-state index contributed by atoms with van der Waals surface area (Å²) >= 11 is 5.88. The average Bonchev–Trinajstić information content (AvgIpc) is 2.97. The summed E-state index contributed by atoms with van der Waals surface area (Å²) in [5, 5.41) is 8.83. The zero-order valence-electron chi connectivity index (χ0n) is 12.5. The van der Waals surface area contributed by atoms with Crippen LogP contribution in [0.4, 0.5) is 0 Å². The van der Waals surface area contributed by atoms with Crippen molar-refractivity contribution < 1.29 is 4.42 Å². The maximum absolute atomic E-state index is 5.88. The summed E-state index contributed by atoms with van der Waals surface area (Å²) in [5.41, 5.74) is 2.39. The van der Waals surface area contributed by atoms with Crippen molar-refractivity contribution in [2.24, 2.45) is 0 Å². The standard InChI is InChI=1S/C16H15ClN4O/c1-9(2)14-18-8-13(10(3)19-14)16-21-20-15(22-16)11-4-6-12(17)7-5-11/h4-9H,1-3H3. The molecule has 0 aliphatic rings. The summed E-state index contributed by atoms with van der Waals surface area (Å²) in [6.07, 6.45) is 1.73. The summed E-state index contributed by atoms with van der Waals surface area (Å²) in [6.45, 7) is 6.02. The van der Waals surface area contributed by atoms with Crippen molar-refractivity contribution in [3.05, 3.63) is 47.0 Å². The highest BCUT2D eigenvalue weighted by atomic mass is 35.5. The smallest absolute Gasteiger partial charge is 0.251 e. The van der Waals surface area contributed by atoms with Crippen LogP contribution < -0.4 is 0 Å². The molecular weight excluding hydrogens is 300 g/mol. The Bertz CT molecular complexity index is 796. The molecule has 0 spiro atoms. The summed E-state index contributed by atoms with van der Waals surface area (Å²) in [5.74, 6) is 1.94. The number of halogens is 1. The van der Waals surface area contributed by atoms with Crippen LogP contribution in [0.3, 0.4) is 0 Å². The number of aromatic nitrogens is 4. The van der Waals surface area contributed by atoms with E-state index in [1.807, 2.05) is 19.1 Å². The largest absolute Gasteiger partial charge is 0.416 e. The van der Waals surface area contributed by atoms with Gasteiger partial charge in [0.25, 0.3) is 5.89 Å². The molecule has 22 heavy (non-hydrogen) atoms. The summed E-state index contributed by atoms with van der Waals surface area (Å²) in [6, 6.07) is 7.24. The van der Waals surface area contributed by atoms with Crippen molar-refractivity contribution in [3.8, 4) is 22.9 Å². The second-order valence-corrected chi connectivity index (χ2v) is 5.74. The van der Waals surface area contributed by atoms with Gasteiger partial charge in [0.1, 0.15) is 5.82 Å². The van der Waals surface area contributed by atoms with Crippen molar-refractivity contribution >= 4 is 11.6 Å². The Balaban J connectivity index is 1.95. The van der Waals surface area contributed by atoms with E-state index in [-0.39, 0.29) is 5.92 Å². The van der Waals surface area contributed by atoms with Gasteiger partial charge >= 0.3 is 0 Å². The maximum Gasteiger partial charge on any atom is 0.251 e. The van der Waals surface area contributed by atoms with Crippen molar-refractivity contribution in [2.45, 2.75) is 26.7 Å². The van der Waals surface area contributed by atoms with Crippen molar-refractivity contribution in [1.82, 2.24) is 20.2 Å². The summed E-state index contributed by atoms with van der Waals surface area (Å²) < 4.78 is 5.73. The second-order valence-electron chi connectivity index (χ2n) is 5.30. The fourth-order valence-electron chi connectivity index (χ4n) is 2.01. The minimum Gasteiger partial charge on any atom is -0.416 e. The highest BCUT2D eigenvalue weighted by Gasteiger charge is 2.15. The van der Waals surface area contributed by atoms with Crippen LogP contribution in [0.2, 0.25) is 5.02 Å². The summed E-state index contributed by atoms with van der Waals surface area (Å²) in [4.78, 5) is 8.84. The fourth-order valence-corrected chi connectivity index (χ4v) is 2.14. The minimum absolute atomic E-state index is 0.278. The van der Waals surface area contributed by atoms with E-state index in [4.69, 9.17) is 16.0 Å². The van der Waals surface area contributed by atoms with Gasteiger partial charge in [-0.1, -0.05) is 25.4 Å². The van der Waals surface area contributed by atoms with Gasteiger partial charge in [0, 0.05) is 22.7 Å². The lowest BCUT2D eigenvalue weighted by Crippen LogP contribution is -2.00. The Morgan fingerprint density at radius 1 is 1.05 bits per heavy atom. The van der Waals surface area contributed by atoms with E-state index in [0.717, 1.165) is 22.6 Å².